The third-order valence-corrected chi connectivity index (χ3v) is 3.82. The third kappa shape index (κ3) is 2.39. The van der Waals surface area contributed by atoms with Crippen molar-refractivity contribution < 1.29 is 17.6 Å². The topological polar surface area (TPSA) is 28.2 Å². The lowest BCUT2D eigenvalue weighted by molar-refractivity contribution is 0.0737. The van der Waals surface area contributed by atoms with Crippen molar-refractivity contribution >= 4 is 5.69 Å². The molecule has 0 spiro atoms. The fraction of sp³-hybridized carbons (Fsp3) is 0.583. The van der Waals surface area contributed by atoms with E-state index < -0.39 is 29.2 Å². The maximum absolute atomic E-state index is 13.4. The third-order valence-electron chi connectivity index (χ3n) is 3.82. The minimum atomic E-state index is -1.64. The summed E-state index contributed by atoms with van der Waals surface area (Å²) in [6.07, 6.45) is 2.75. The molecule has 0 aromatic carbocycles. The monoisotopic (exact) mass is 277 g/mol. The average Bonchev–Trinajstić information content (AvgIpc) is 2.28. The average molecular weight is 277 g/mol. The molecular formula is C12H15F4N3. The number of aromatic nitrogens is 1. The summed E-state index contributed by atoms with van der Waals surface area (Å²) >= 11 is 0. The Kier molecular flexibility index (Phi) is 3.66. The summed E-state index contributed by atoms with van der Waals surface area (Å²) in [5, 5.41) is 2.48. The van der Waals surface area contributed by atoms with Gasteiger partial charge < -0.3 is 10.2 Å². The smallest absolute Gasteiger partial charge is 0.253 e. The van der Waals surface area contributed by atoms with Gasteiger partial charge in [-0.05, 0) is 33.4 Å². The highest BCUT2D eigenvalue weighted by molar-refractivity contribution is 5.45. The highest BCUT2D eigenvalue weighted by atomic mass is 19.2. The second-order valence-electron chi connectivity index (χ2n) is 5.02. The molecule has 3 nitrogen and oxygen atoms in total. The van der Waals surface area contributed by atoms with Crippen LogP contribution in [0.2, 0.25) is 0 Å². The first-order valence-corrected chi connectivity index (χ1v) is 5.99. The van der Waals surface area contributed by atoms with Gasteiger partial charge in [-0.3, -0.25) is 0 Å². The quantitative estimate of drug-likeness (QED) is 0.677. The molecule has 1 aromatic rings. The van der Waals surface area contributed by atoms with E-state index in [9.17, 15) is 17.6 Å². The molecule has 0 aliphatic heterocycles. The van der Waals surface area contributed by atoms with Crippen LogP contribution in [0.3, 0.4) is 0 Å². The Labute approximate surface area is 108 Å². The van der Waals surface area contributed by atoms with Gasteiger partial charge in [0.1, 0.15) is 5.69 Å². The van der Waals surface area contributed by atoms with Crippen LogP contribution in [0.4, 0.5) is 23.2 Å². The Hall–Kier alpha value is -1.37. The lowest BCUT2D eigenvalue weighted by atomic mass is 9.75. The van der Waals surface area contributed by atoms with Gasteiger partial charge in [-0.2, -0.15) is 22.5 Å². The van der Waals surface area contributed by atoms with Gasteiger partial charge in [0.25, 0.3) is 11.9 Å². The number of nitrogens with zero attached hydrogens (tertiary/aromatic N) is 2. The molecule has 1 aliphatic carbocycles. The lowest BCUT2D eigenvalue weighted by Crippen LogP contribution is -2.54. The second kappa shape index (κ2) is 4.96. The van der Waals surface area contributed by atoms with Crippen LogP contribution in [-0.2, 0) is 0 Å². The van der Waals surface area contributed by atoms with Crippen LogP contribution in [0, 0.1) is 23.5 Å². The number of hydrogen-bond donors (Lipinski definition) is 1. The second-order valence-corrected chi connectivity index (χ2v) is 5.02. The molecule has 0 atom stereocenters. The molecule has 1 heterocycles. The number of hydrogen-bond acceptors (Lipinski definition) is 3. The summed E-state index contributed by atoms with van der Waals surface area (Å²) in [5.41, 5.74) is -1.02. The van der Waals surface area contributed by atoms with Crippen LogP contribution in [0.1, 0.15) is 19.3 Å². The van der Waals surface area contributed by atoms with Crippen molar-refractivity contribution in [1.82, 2.24) is 9.88 Å². The van der Waals surface area contributed by atoms with Gasteiger partial charge in [-0.1, -0.05) is 0 Å². The summed E-state index contributed by atoms with van der Waals surface area (Å²) in [6.45, 7) is 0.219. The van der Waals surface area contributed by atoms with E-state index in [-0.39, 0.29) is 12.1 Å². The molecule has 1 saturated carbocycles. The zero-order chi connectivity index (χ0) is 14.2. The Morgan fingerprint density at radius 2 is 1.63 bits per heavy atom. The fourth-order valence-corrected chi connectivity index (χ4v) is 2.26. The number of nitrogens with one attached hydrogen (secondary N) is 1. The van der Waals surface area contributed by atoms with Gasteiger partial charge in [0.2, 0.25) is 11.6 Å². The fourth-order valence-electron chi connectivity index (χ4n) is 2.26. The largest absolute Gasteiger partial charge is 0.378 e. The van der Waals surface area contributed by atoms with Crippen LogP contribution in [0.25, 0.3) is 0 Å². The Morgan fingerprint density at radius 1 is 1.11 bits per heavy atom. The first kappa shape index (κ1) is 14.0. The standard InChI is InChI=1S/C12H15F4N3/c1-19(2)12(4-3-5-12)6-17-9-7(13)10(15)18-11(16)8(9)14/h3-6H2,1-2H3,(H,17,18). The van der Waals surface area contributed by atoms with E-state index in [1.807, 2.05) is 19.0 Å². The molecule has 7 heteroatoms. The van der Waals surface area contributed by atoms with Crippen LogP contribution in [0.5, 0.6) is 0 Å². The molecule has 0 unspecified atom stereocenters. The maximum Gasteiger partial charge on any atom is 0.253 e. The predicted octanol–water partition coefficient (Wildman–Crippen LogP) is 2.53. The van der Waals surface area contributed by atoms with E-state index in [1.165, 1.54) is 0 Å². The Bertz CT molecular complexity index is 460. The molecule has 0 saturated heterocycles. The summed E-state index contributed by atoms with van der Waals surface area (Å²) in [5.74, 6) is -6.28. The summed E-state index contributed by atoms with van der Waals surface area (Å²) in [7, 11) is 3.72. The zero-order valence-electron chi connectivity index (χ0n) is 10.7. The molecule has 106 valence electrons. The summed E-state index contributed by atoms with van der Waals surface area (Å²) < 4.78 is 52.7. The van der Waals surface area contributed by atoms with Gasteiger partial charge in [0, 0.05) is 12.1 Å². The number of likely N-dealkylation sites (N-methyl/N-ethyl adjacent to an activating group) is 1. The van der Waals surface area contributed by atoms with Crippen LogP contribution in [-0.4, -0.2) is 36.1 Å². The van der Waals surface area contributed by atoms with Gasteiger partial charge in [-0.15, -0.1) is 0 Å². The number of halogens is 4. The van der Waals surface area contributed by atoms with Crippen molar-refractivity contribution in [1.29, 1.82) is 0 Å². The molecule has 1 aliphatic rings. The van der Waals surface area contributed by atoms with Gasteiger partial charge in [-0.25, -0.2) is 0 Å². The molecule has 0 radical (unpaired) electrons. The Morgan fingerprint density at radius 3 is 2.00 bits per heavy atom. The van der Waals surface area contributed by atoms with E-state index in [0.717, 1.165) is 19.3 Å². The number of pyridine rings is 1. The van der Waals surface area contributed by atoms with Gasteiger partial charge in [0.15, 0.2) is 0 Å². The molecule has 19 heavy (non-hydrogen) atoms. The zero-order valence-corrected chi connectivity index (χ0v) is 10.7. The van der Waals surface area contributed by atoms with Gasteiger partial charge in [0.05, 0.1) is 0 Å². The van der Waals surface area contributed by atoms with E-state index in [4.69, 9.17) is 0 Å². The maximum atomic E-state index is 13.4. The Balaban J connectivity index is 2.20. The van der Waals surface area contributed by atoms with Crippen molar-refractivity contribution in [2.75, 3.05) is 26.0 Å². The first-order chi connectivity index (χ1) is 8.87. The SMILES string of the molecule is CN(C)C1(CNc2c(F)c(F)nc(F)c2F)CCC1. The minimum absolute atomic E-state index is 0.219. The highest BCUT2D eigenvalue weighted by Gasteiger charge is 2.39. The van der Waals surface area contributed by atoms with Crippen LogP contribution >= 0.6 is 0 Å². The van der Waals surface area contributed by atoms with Crippen LogP contribution in [0.15, 0.2) is 0 Å². The lowest BCUT2D eigenvalue weighted by Gasteiger charge is -2.47. The summed E-state index contributed by atoms with van der Waals surface area (Å²) in [6, 6.07) is 0. The van der Waals surface area contributed by atoms with Crippen molar-refractivity contribution in [2.24, 2.45) is 0 Å². The van der Waals surface area contributed by atoms with Crippen LogP contribution < -0.4 is 5.32 Å². The number of rotatable bonds is 4. The van der Waals surface area contributed by atoms with E-state index >= 15 is 0 Å². The van der Waals surface area contributed by atoms with Crippen molar-refractivity contribution in [3.8, 4) is 0 Å². The number of anilines is 1. The van der Waals surface area contributed by atoms with Crippen molar-refractivity contribution in [3.63, 3.8) is 0 Å². The molecule has 0 amide bonds. The first-order valence-electron chi connectivity index (χ1n) is 5.99. The molecule has 1 aromatic heterocycles. The molecule has 1 fully saturated rings. The summed E-state index contributed by atoms with van der Waals surface area (Å²) in [4.78, 5) is 4.46. The normalized spacial score (nSPS) is 17.4. The van der Waals surface area contributed by atoms with E-state index in [1.54, 1.807) is 0 Å². The van der Waals surface area contributed by atoms with E-state index in [2.05, 4.69) is 10.3 Å². The van der Waals surface area contributed by atoms with Gasteiger partial charge >= 0.3 is 0 Å². The minimum Gasteiger partial charge on any atom is -0.378 e. The molecule has 1 N–H and O–H groups in total. The molecular weight excluding hydrogens is 262 g/mol. The highest BCUT2D eigenvalue weighted by Crippen LogP contribution is 2.36. The molecule has 2 rings (SSSR count). The van der Waals surface area contributed by atoms with E-state index in [0.29, 0.717) is 0 Å². The molecule has 0 bridgehead atoms. The van der Waals surface area contributed by atoms with Crippen molar-refractivity contribution in [3.05, 3.63) is 23.5 Å². The van der Waals surface area contributed by atoms with Crippen molar-refractivity contribution in [2.45, 2.75) is 24.8 Å². The predicted molar refractivity (Wildman–Crippen MR) is 62.8 cm³/mol.